The van der Waals surface area contributed by atoms with Crippen LogP contribution in [0, 0.1) is 5.92 Å². The van der Waals surface area contributed by atoms with E-state index in [-0.39, 0.29) is 0 Å². The molecule has 0 aliphatic carbocycles. The van der Waals surface area contributed by atoms with Crippen LogP contribution in [0.25, 0.3) is 0 Å². The van der Waals surface area contributed by atoms with Gasteiger partial charge in [0.15, 0.2) is 0 Å². The van der Waals surface area contributed by atoms with E-state index in [0.717, 1.165) is 5.92 Å². The number of rotatable bonds is 9. The molecule has 0 aromatic carbocycles. The quantitative estimate of drug-likeness (QED) is 0.345. The van der Waals surface area contributed by atoms with Crippen LogP contribution in [0.1, 0.15) is 72.1 Å². The molecule has 14 heavy (non-hydrogen) atoms. The maximum atomic E-state index is 2.40. The number of hydrogen-bond acceptors (Lipinski definition) is 0. The van der Waals surface area contributed by atoms with Crippen LogP contribution in [0.15, 0.2) is 12.2 Å². The first-order chi connectivity index (χ1) is 6.81. The largest absolute Gasteiger partial charge is 0.0883 e. The SMILES string of the molecule is CCCCCCC=CC(C)CCCC. The molecule has 0 radical (unpaired) electrons. The van der Waals surface area contributed by atoms with Gasteiger partial charge in [0.2, 0.25) is 0 Å². The molecule has 0 saturated carbocycles. The van der Waals surface area contributed by atoms with E-state index < -0.39 is 0 Å². The van der Waals surface area contributed by atoms with E-state index in [1.165, 1.54) is 51.4 Å². The summed E-state index contributed by atoms with van der Waals surface area (Å²) < 4.78 is 0. The van der Waals surface area contributed by atoms with Crippen LogP contribution in [-0.4, -0.2) is 0 Å². The van der Waals surface area contributed by atoms with Crippen LogP contribution in [0.5, 0.6) is 0 Å². The third-order valence-electron chi connectivity index (χ3n) is 2.70. The Balaban J connectivity index is 3.23. The van der Waals surface area contributed by atoms with Gasteiger partial charge in [-0.3, -0.25) is 0 Å². The summed E-state index contributed by atoms with van der Waals surface area (Å²) in [4.78, 5) is 0. The molecule has 0 N–H and O–H groups in total. The second-order valence-corrected chi connectivity index (χ2v) is 4.40. The minimum Gasteiger partial charge on any atom is -0.0883 e. The molecule has 84 valence electrons. The summed E-state index contributed by atoms with van der Waals surface area (Å²) in [6.07, 6.45) is 15.7. The molecule has 0 fully saturated rings. The molecule has 0 amide bonds. The van der Waals surface area contributed by atoms with Crippen molar-refractivity contribution in [1.82, 2.24) is 0 Å². The minimum absolute atomic E-state index is 0.793. The van der Waals surface area contributed by atoms with Gasteiger partial charge in [-0.15, -0.1) is 0 Å². The molecule has 0 rings (SSSR count). The highest BCUT2D eigenvalue weighted by molar-refractivity contribution is 4.86. The zero-order valence-corrected chi connectivity index (χ0v) is 10.4. The van der Waals surface area contributed by atoms with Crippen molar-refractivity contribution in [2.45, 2.75) is 72.1 Å². The normalized spacial score (nSPS) is 13.6. The molecule has 0 heteroatoms. The smallest absolute Gasteiger partial charge is 0.0262 e. The number of hydrogen-bond donors (Lipinski definition) is 0. The van der Waals surface area contributed by atoms with E-state index >= 15 is 0 Å². The Morgan fingerprint density at radius 3 is 2.29 bits per heavy atom. The summed E-state index contributed by atoms with van der Waals surface area (Å²) in [5.41, 5.74) is 0. The summed E-state index contributed by atoms with van der Waals surface area (Å²) in [6, 6.07) is 0. The molecule has 0 aromatic heterocycles. The maximum Gasteiger partial charge on any atom is -0.0262 e. The van der Waals surface area contributed by atoms with Crippen LogP contribution < -0.4 is 0 Å². The lowest BCUT2D eigenvalue weighted by Crippen LogP contribution is -1.88. The Labute approximate surface area is 90.8 Å². The van der Waals surface area contributed by atoms with Gasteiger partial charge in [0.25, 0.3) is 0 Å². The van der Waals surface area contributed by atoms with E-state index in [9.17, 15) is 0 Å². The highest BCUT2D eigenvalue weighted by Gasteiger charge is 1.94. The summed E-state index contributed by atoms with van der Waals surface area (Å²) >= 11 is 0. The fourth-order valence-electron chi connectivity index (χ4n) is 1.64. The first-order valence-electron chi connectivity index (χ1n) is 6.47. The zero-order chi connectivity index (χ0) is 10.6. The Morgan fingerprint density at radius 1 is 0.929 bits per heavy atom. The molecule has 0 aromatic rings. The van der Waals surface area contributed by atoms with Crippen molar-refractivity contribution in [2.24, 2.45) is 5.92 Å². The van der Waals surface area contributed by atoms with E-state index in [1.807, 2.05) is 0 Å². The fourth-order valence-corrected chi connectivity index (χ4v) is 1.64. The molecule has 1 unspecified atom stereocenters. The average molecular weight is 196 g/mol. The molecule has 0 aliphatic rings. The molecule has 0 spiro atoms. The van der Waals surface area contributed by atoms with Crippen molar-refractivity contribution in [3.8, 4) is 0 Å². The molecule has 1 atom stereocenters. The van der Waals surface area contributed by atoms with Crippen LogP contribution in [0.4, 0.5) is 0 Å². The molecular formula is C14H28. The van der Waals surface area contributed by atoms with Crippen LogP contribution >= 0.6 is 0 Å². The molecule has 0 nitrogen and oxygen atoms in total. The van der Waals surface area contributed by atoms with E-state index in [1.54, 1.807) is 0 Å². The molecule has 0 bridgehead atoms. The van der Waals surface area contributed by atoms with Crippen molar-refractivity contribution in [2.75, 3.05) is 0 Å². The predicted molar refractivity (Wildman–Crippen MR) is 66.6 cm³/mol. The predicted octanol–water partition coefficient (Wildman–Crippen LogP) is 5.34. The third kappa shape index (κ3) is 9.83. The van der Waals surface area contributed by atoms with Gasteiger partial charge in [0, 0.05) is 0 Å². The van der Waals surface area contributed by atoms with Gasteiger partial charge < -0.3 is 0 Å². The lowest BCUT2D eigenvalue weighted by atomic mass is 10.0. The summed E-state index contributed by atoms with van der Waals surface area (Å²) in [5.74, 6) is 0.793. The van der Waals surface area contributed by atoms with Crippen molar-refractivity contribution < 1.29 is 0 Å². The standard InChI is InChI=1S/C14H28/c1-4-6-8-9-10-11-13-14(3)12-7-5-2/h11,13-14H,4-10,12H2,1-3H3. The van der Waals surface area contributed by atoms with E-state index in [0.29, 0.717) is 0 Å². The van der Waals surface area contributed by atoms with Gasteiger partial charge in [-0.05, 0) is 25.2 Å². The summed E-state index contributed by atoms with van der Waals surface area (Å²) in [6.45, 7) is 6.86. The molecule has 0 aliphatic heterocycles. The first-order valence-corrected chi connectivity index (χ1v) is 6.47. The summed E-state index contributed by atoms with van der Waals surface area (Å²) in [7, 11) is 0. The van der Waals surface area contributed by atoms with Gasteiger partial charge in [-0.1, -0.05) is 65.0 Å². The number of unbranched alkanes of at least 4 members (excludes halogenated alkanes) is 5. The molecular weight excluding hydrogens is 168 g/mol. The minimum atomic E-state index is 0.793. The molecule has 0 saturated heterocycles. The van der Waals surface area contributed by atoms with E-state index in [4.69, 9.17) is 0 Å². The van der Waals surface area contributed by atoms with Crippen molar-refractivity contribution in [3.63, 3.8) is 0 Å². The first kappa shape index (κ1) is 13.7. The fraction of sp³-hybridized carbons (Fsp3) is 0.857. The average Bonchev–Trinajstić information content (AvgIpc) is 2.20. The second-order valence-electron chi connectivity index (χ2n) is 4.40. The van der Waals surface area contributed by atoms with Crippen molar-refractivity contribution >= 4 is 0 Å². The van der Waals surface area contributed by atoms with Gasteiger partial charge in [-0.2, -0.15) is 0 Å². The zero-order valence-electron chi connectivity index (χ0n) is 10.4. The van der Waals surface area contributed by atoms with Crippen molar-refractivity contribution in [1.29, 1.82) is 0 Å². The lowest BCUT2D eigenvalue weighted by molar-refractivity contribution is 0.595. The van der Waals surface area contributed by atoms with Crippen LogP contribution in [-0.2, 0) is 0 Å². The summed E-state index contributed by atoms with van der Waals surface area (Å²) in [5, 5.41) is 0. The van der Waals surface area contributed by atoms with Gasteiger partial charge in [0.05, 0.1) is 0 Å². The topological polar surface area (TPSA) is 0 Å². The Kier molecular flexibility index (Phi) is 10.6. The van der Waals surface area contributed by atoms with Crippen LogP contribution in [0.2, 0.25) is 0 Å². The highest BCUT2D eigenvalue weighted by Crippen LogP contribution is 2.10. The van der Waals surface area contributed by atoms with Crippen molar-refractivity contribution in [3.05, 3.63) is 12.2 Å². The Morgan fingerprint density at radius 2 is 1.64 bits per heavy atom. The lowest BCUT2D eigenvalue weighted by Gasteiger charge is -2.03. The van der Waals surface area contributed by atoms with Crippen LogP contribution in [0.3, 0.4) is 0 Å². The number of allylic oxidation sites excluding steroid dienone is 2. The maximum absolute atomic E-state index is 2.40. The van der Waals surface area contributed by atoms with Gasteiger partial charge >= 0.3 is 0 Å². The van der Waals surface area contributed by atoms with Gasteiger partial charge in [0.1, 0.15) is 0 Å². The highest BCUT2D eigenvalue weighted by atomic mass is 14.0. The van der Waals surface area contributed by atoms with Gasteiger partial charge in [-0.25, -0.2) is 0 Å². The second kappa shape index (κ2) is 10.8. The molecule has 0 heterocycles. The third-order valence-corrected chi connectivity index (χ3v) is 2.70. The monoisotopic (exact) mass is 196 g/mol. The Hall–Kier alpha value is -0.260. The van der Waals surface area contributed by atoms with E-state index in [2.05, 4.69) is 32.9 Å². The Bertz CT molecular complexity index is 124.